The van der Waals surface area contributed by atoms with Gasteiger partial charge < -0.3 is 14.7 Å². The van der Waals surface area contributed by atoms with Crippen LogP contribution in [-0.2, 0) is 4.79 Å². The van der Waals surface area contributed by atoms with Crippen LogP contribution in [-0.4, -0.2) is 23.5 Å². The molecule has 0 aliphatic heterocycles. The molecule has 0 aliphatic rings. The van der Waals surface area contributed by atoms with E-state index in [0.717, 1.165) is 22.0 Å². The van der Waals surface area contributed by atoms with Gasteiger partial charge in [-0.3, -0.25) is 9.59 Å². The first-order valence-corrected chi connectivity index (χ1v) is 12.0. The Morgan fingerprint density at radius 2 is 1.67 bits per heavy atom. The summed E-state index contributed by atoms with van der Waals surface area (Å²) < 4.78 is 19.5. The molecule has 0 heterocycles. The molecule has 36 heavy (non-hydrogen) atoms. The van der Waals surface area contributed by atoms with E-state index < -0.39 is 11.8 Å². The Morgan fingerprint density at radius 3 is 2.42 bits per heavy atom. The molecular formula is C30H28FNO4. The van der Waals surface area contributed by atoms with Crippen LogP contribution in [0.5, 0.6) is 11.5 Å². The normalized spacial score (nSPS) is 11.8. The number of carbonyl (C=O) groups excluding carboxylic acids is 1. The second-order valence-electron chi connectivity index (χ2n) is 8.69. The van der Waals surface area contributed by atoms with Crippen LogP contribution in [0.4, 0.5) is 10.1 Å². The van der Waals surface area contributed by atoms with Gasteiger partial charge in [0.2, 0.25) is 0 Å². The topological polar surface area (TPSA) is 66.8 Å². The third-order valence-electron chi connectivity index (χ3n) is 6.23. The van der Waals surface area contributed by atoms with Gasteiger partial charge in [-0.05, 0) is 60.5 Å². The largest absolute Gasteiger partial charge is 0.481 e. The number of anilines is 1. The van der Waals surface area contributed by atoms with Gasteiger partial charge in [-0.15, -0.1) is 0 Å². The molecule has 0 unspecified atom stereocenters. The van der Waals surface area contributed by atoms with Crippen LogP contribution in [0, 0.1) is 5.82 Å². The Hall–Kier alpha value is -4.19. The summed E-state index contributed by atoms with van der Waals surface area (Å²) in [5.74, 6) is -0.971. The van der Waals surface area contributed by atoms with Gasteiger partial charge in [-0.2, -0.15) is 0 Å². The first-order chi connectivity index (χ1) is 17.4. The van der Waals surface area contributed by atoms with Crippen molar-refractivity contribution in [1.29, 1.82) is 0 Å². The third-order valence-corrected chi connectivity index (χ3v) is 6.23. The molecule has 4 rings (SSSR count). The van der Waals surface area contributed by atoms with E-state index in [2.05, 4.69) is 0 Å². The minimum absolute atomic E-state index is 0.00282. The zero-order chi connectivity index (χ0) is 25.7. The Labute approximate surface area is 209 Å². The molecular weight excluding hydrogens is 457 g/mol. The summed E-state index contributed by atoms with van der Waals surface area (Å²) in [6, 6.07) is 24.7. The van der Waals surface area contributed by atoms with Crippen molar-refractivity contribution in [2.75, 3.05) is 11.4 Å². The molecule has 0 fully saturated rings. The lowest BCUT2D eigenvalue weighted by molar-refractivity contribution is -0.137. The molecule has 0 aliphatic carbocycles. The first kappa shape index (κ1) is 24.9. The second kappa shape index (κ2) is 11.0. The van der Waals surface area contributed by atoms with Gasteiger partial charge in [0, 0.05) is 30.0 Å². The predicted octanol–water partition coefficient (Wildman–Crippen LogP) is 7.41. The highest BCUT2D eigenvalue weighted by atomic mass is 19.1. The molecule has 0 aromatic heterocycles. The van der Waals surface area contributed by atoms with E-state index in [1.807, 2.05) is 56.3 Å². The Morgan fingerprint density at radius 1 is 0.944 bits per heavy atom. The van der Waals surface area contributed by atoms with Crippen LogP contribution < -0.4 is 9.64 Å². The average Bonchev–Trinajstić information content (AvgIpc) is 2.87. The van der Waals surface area contributed by atoms with Crippen molar-refractivity contribution < 1.29 is 23.8 Å². The molecule has 5 nitrogen and oxygen atoms in total. The van der Waals surface area contributed by atoms with Crippen LogP contribution in [0.3, 0.4) is 0 Å². The number of amides is 1. The van der Waals surface area contributed by atoms with Crippen LogP contribution in [0.15, 0.2) is 84.9 Å². The Kier molecular flexibility index (Phi) is 7.64. The highest BCUT2D eigenvalue weighted by Crippen LogP contribution is 2.33. The van der Waals surface area contributed by atoms with Gasteiger partial charge in [0.05, 0.1) is 5.69 Å². The number of carbonyl (C=O) groups is 2. The van der Waals surface area contributed by atoms with Gasteiger partial charge >= 0.3 is 5.97 Å². The first-order valence-electron chi connectivity index (χ1n) is 12.0. The van der Waals surface area contributed by atoms with Gasteiger partial charge in [0.15, 0.2) is 0 Å². The SMILES string of the molecule is CCN(C(=O)c1cc(Oc2cccc(F)c2)ccc1[C@H](C)CCC(=O)O)c1cccc2ccccc12. The monoisotopic (exact) mass is 485 g/mol. The quantitative estimate of drug-likeness (QED) is 0.268. The van der Waals surface area contributed by atoms with E-state index >= 15 is 0 Å². The third kappa shape index (κ3) is 5.54. The molecule has 0 spiro atoms. The summed E-state index contributed by atoms with van der Waals surface area (Å²) in [7, 11) is 0. The van der Waals surface area contributed by atoms with Gasteiger partial charge in [0.25, 0.3) is 5.91 Å². The second-order valence-corrected chi connectivity index (χ2v) is 8.69. The number of ether oxygens (including phenoxy) is 1. The number of nitrogens with zero attached hydrogens (tertiary/aromatic N) is 1. The fourth-order valence-corrected chi connectivity index (χ4v) is 4.39. The standard InChI is InChI=1S/C30H28FNO4/c1-3-32(28-13-6-9-21-8-4-5-12-26(21)28)30(35)27-19-24(36-23-11-7-10-22(31)18-23)15-16-25(27)20(2)14-17-29(33)34/h4-13,15-16,18-20H,3,14,17H2,1-2H3,(H,33,34)/t20-/m1/s1. The van der Waals surface area contributed by atoms with E-state index in [9.17, 15) is 14.0 Å². The van der Waals surface area contributed by atoms with Gasteiger partial charge in [-0.25, -0.2) is 4.39 Å². The average molecular weight is 486 g/mol. The number of carboxylic acids is 1. The minimum atomic E-state index is -0.883. The molecule has 4 aromatic rings. The van der Waals surface area contributed by atoms with Crippen molar-refractivity contribution in [2.45, 2.75) is 32.6 Å². The van der Waals surface area contributed by atoms with Gasteiger partial charge in [-0.1, -0.05) is 55.5 Å². The van der Waals surface area contributed by atoms with E-state index in [0.29, 0.717) is 30.0 Å². The summed E-state index contributed by atoms with van der Waals surface area (Å²) in [6.45, 7) is 4.27. The lowest BCUT2D eigenvalue weighted by Gasteiger charge is -2.25. The van der Waals surface area contributed by atoms with Crippen molar-refractivity contribution in [3.63, 3.8) is 0 Å². The van der Waals surface area contributed by atoms with Crippen molar-refractivity contribution in [1.82, 2.24) is 0 Å². The van der Waals surface area contributed by atoms with E-state index in [-0.39, 0.29) is 18.2 Å². The molecule has 1 N–H and O–H groups in total. The van der Waals surface area contributed by atoms with Crippen molar-refractivity contribution in [2.24, 2.45) is 0 Å². The number of fused-ring (bicyclic) bond motifs is 1. The fraction of sp³-hybridized carbons (Fsp3) is 0.200. The van der Waals surface area contributed by atoms with E-state index in [1.54, 1.807) is 35.2 Å². The van der Waals surface area contributed by atoms with Crippen LogP contribution in [0.2, 0.25) is 0 Å². The molecule has 0 radical (unpaired) electrons. The van der Waals surface area contributed by atoms with Crippen LogP contribution in [0.1, 0.15) is 48.5 Å². The number of aliphatic carboxylic acids is 1. The molecule has 1 atom stereocenters. The fourth-order valence-electron chi connectivity index (χ4n) is 4.39. The number of benzene rings is 4. The smallest absolute Gasteiger partial charge is 0.303 e. The maximum Gasteiger partial charge on any atom is 0.303 e. The highest BCUT2D eigenvalue weighted by molar-refractivity contribution is 6.11. The summed E-state index contributed by atoms with van der Waals surface area (Å²) in [6.07, 6.45) is 0.386. The van der Waals surface area contributed by atoms with Crippen molar-refractivity contribution in [3.8, 4) is 11.5 Å². The Bertz CT molecular complexity index is 1400. The summed E-state index contributed by atoms with van der Waals surface area (Å²) >= 11 is 0. The van der Waals surface area contributed by atoms with Crippen LogP contribution in [0.25, 0.3) is 10.8 Å². The zero-order valence-corrected chi connectivity index (χ0v) is 20.3. The van der Waals surface area contributed by atoms with Crippen molar-refractivity contribution >= 4 is 28.3 Å². The van der Waals surface area contributed by atoms with Crippen LogP contribution >= 0.6 is 0 Å². The molecule has 184 valence electrons. The summed E-state index contributed by atoms with van der Waals surface area (Å²) in [5, 5.41) is 11.2. The number of hydrogen-bond donors (Lipinski definition) is 1. The lowest BCUT2D eigenvalue weighted by Crippen LogP contribution is -2.31. The number of halogens is 1. The van der Waals surface area contributed by atoms with Crippen molar-refractivity contribution in [3.05, 3.63) is 102 Å². The van der Waals surface area contributed by atoms with E-state index in [4.69, 9.17) is 9.84 Å². The molecule has 0 saturated heterocycles. The number of carboxylic acid groups (broad SMARTS) is 1. The summed E-state index contributed by atoms with van der Waals surface area (Å²) in [4.78, 5) is 26.9. The maximum absolute atomic E-state index is 14.0. The van der Waals surface area contributed by atoms with E-state index in [1.165, 1.54) is 12.1 Å². The maximum atomic E-state index is 14.0. The number of rotatable bonds is 9. The zero-order valence-electron chi connectivity index (χ0n) is 20.3. The molecule has 1 amide bonds. The highest BCUT2D eigenvalue weighted by Gasteiger charge is 2.24. The summed E-state index contributed by atoms with van der Waals surface area (Å²) in [5.41, 5.74) is 1.96. The molecule has 6 heteroatoms. The Balaban J connectivity index is 1.77. The lowest BCUT2D eigenvalue weighted by atomic mass is 9.91. The minimum Gasteiger partial charge on any atom is -0.481 e. The predicted molar refractivity (Wildman–Crippen MR) is 139 cm³/mol. The number of hydrogen-bond acceptors (Lipinski definition) is 3. The molecule has 4 aromatic carbocycles. The molecule has 0 saturated carbocycles. The molecule has 0 bridgehead atoms. The van der Waals surface area contributed by atoms with Gasteiger partial charge in [0.1, 0.15) is 17.3 Å².